The van der Waals surface area contributed by atoms with Crippen LogP contribution in [0.15, 0.2) is 24.3 Å². The standard InChI is InChI=1S/C23H39N/c1-18(14-20-8-10-21(11-9-20)22(3,4)5)16-24-13-12-23(6,7)15-19(2)17-24/h8-11,18-19H,12-17H2,1-7H3. The molecule has 0 spiro atoms. The monoisotopic (exact) mass is 329 g/mol. The van der Waals surface area contributed by atoms with Crippen LogP contribution in [0.4, 0.5) is 0 Å². The highest BCUT2D eigenvalue weighted by atomic mass is 15.1. The van der Waals surface area contributed by atoms with E-state index in [1.807, 2.05) is 0 Å². The van der Waals surface area contributed by atoms with Gasteiger partial charge in [0.25, 0.3) is 0 Å². The summed E-state index contributed by atoms with van der Waals surface area (Å²) in [6.07, 6.45) is 3.90. The number of rotatable bonds is 4. The fourth-order valence-electron chi connectivity index (χ4n) is 4.32. The molecular weight excluding hydrogens is 290 g/mol. The second-order valence-electron chi connectivity index (χ2n) is 10.2. The zero-order valence-electron chi connectivity index (χ0n) is 17.2. The molecule has 1 aromatic carbocycles. The molecule has 136 valence electrons. The van der Waals surface area contributed by atoms with Crippen molar-refractivity contribution in [1.82, 2.24) is 4.90 Å². The third-order valence-corrected chi connectivity index (χ3v) is 5.55. The number of hydrogen-bond donors (Lipinski definition) is 0. The highest BCUT2D eigenvalue weighted by molar-refractivity contribution is 5.27. The Kier molecular flexibility index (Phi) is 6.18. The van der Waals surface area contributed by atoms with Gasteiger partial charge in [0.15, 0.2) is 0 Å². The minimum absolute atomic E-state index is 0.249. The number of benzene rings is 1. The molecular formula is C23H39N. The summed E-state index contributed by atoms with van der Waals surface area (Å²) in [5.41, 5.74) is 3.68. The molecule has 0 radical (unpaired) electrons. The van der Waals surface area contributed by atoms with Crippen LogP contribution in [0.3, 0.4) is 0 Å². The van der Waals surface area contributed by atoms with E-state index in [1.54, 1.807) is 0 Å². The van der Waals surface area contributed by atoms with Gasteiger partial charge in [0.05, 0.1) is 0 Å². The zero-order chi connectivity index (χ0) is 18.0. The second-order valence-corrected chi connectivity index (χ2v) is 10.2. The van der Waals surface area contributed by atoms with E-state index in [1.165, 1.54) is 50.0 Å². The summed E-state index contributed by atoms with van der Waals surface area (Å²) in [6.45, 7) is 20.4. The van der Waals surface area contributed by atoms with E-state index in [4.69, 9.17) is 0 Å². The fraction of sp³-hybridized carbons (Fsp3) is 0.739. The van der Waals surface area contributed by atoms with Crippen LogP contribution in [0, 0.1) is 17.3 Å². The average molecular weight is 330 g/mol. The van der Waals surface area contributed by atoms with Crippen molar-refractivity contribution in [2.24, 2.45) is 17.3 Å². The van der Waals surface area contributed by atoms with Crippen LogP contribution >= 0.6 is 0 Å². The highest BCUT2D eigenvalue weighted by Gasteiger charge is 2.27. The van der Waals surface area contributed by atoms with E-state index >= 15 is 0 Å². The second kappa shape index (κ2) is 7.60. The van der Waals surface area contributed by atoms with E-state index < -0.39 is 0 Å². The molecule has 0 aromatic heterocycles. The maximum atomic E-state index is 2.72. The van der Waals surface area contributed by atoms with Crippen LogP contribution in [0.25, 0.3) is 0 Å². The summed E-state index contributed by atoms with van der Waals surface area (Å²) >= 11 is 0. The molecule has 0 N–H and O–H groups in total. The van der Waals surface area contributed by atoms with Crippen molar-refractivity contribution in [3.8, 4) is 0 Å². The van der Waals surface area contributed by atoms with E-state index in [0.29, 0.717) is 5.41 Å². The van der Waals surface area contributed by atoms with Crippen LogP contribution in [0.2, 0.25) is 0 Å². The SMILES string of the molecule is CC(Cc1ccc(C(C)(C)C)cc1)CN1CCC(C)(C)CC(C)C1. The molecule has 2 atom stereocenters. The van der Waals surface area contributed by atoms with Crippen molar-refractivity contribution >= 4 is 0 Å². The van der Waals surface area contributed by atoms with Crippen molar-refractivity contribution < 1.29 is 0 Å². The molecule has 1 fully saturated rings. The average Bonchev–Trinajstić information content (AvgIpc) is 2.55. The lowest BCUT2D eigenvalue weighted by Crippen LogP contribution is -2.32. The smallest absolute Gasteiger partial charge is 0.00103 e. The molecule has 2 unspecified atom stereocenters. The van der Waals surface area contributed by atoms with Gasteiger partial charge < -0.3 is 4.90 Å². The quantitative estimate of drug-likeness (QED) is 0.662. The summed E-state index contributed by atoms with van der Waals surface area (Å²) in [5.74, 6) is 1.54. The lowest BCUT2D eigenvalue weighted by atomic mass is 9.82. The molecule has 0 bridgehead atoms. The first-order valence-electron chi connectivity index (χ1n) is 9.87. The predicted molar refractivity (Wildman–Crippen MR) is 107 cm³/mol. The van der Waals surface area contributed by atoms with Gasteiger partial charge in [-0.05, 0) is 59.6 Å². The van der Waals surface area contributed by atoms with E-state index in [9.17, 15) is 0 Å². The lowest BCUT2D eigenvalue weighted by molar-refractivity contribution is 0.222. The van der Waals surface area contributed by atoms with Gasteiger partial charge in [-0.3, -0.25) is 0 Å². The van der Waals surface area contributed by atoms with Gasteiger partial charge in [-0.15, -0.1) is 0 Å². The van der Waals surface area contributed by atoms with Crippen molar-refractivity contribution in [1.29, 1.82) is 0 Å². The van der Waals surface area contributed by atoms with Gasteiger partial charge in [-0.25, -0.2) is 0 Å². The molecule has 1 heterocycles. The van der Waals surface area contributed by atoms with Crippen LogP contribution in [0.5, 0.6) is 0 Å². The summed E-state index contributed by atoms with van der Waals surface area (Å²) in [5, 5.41) is 0. The summed E-state index contributed by atoms with van der Waals surface area (Å²) < 4.78 is 0. The molecule has 0 amide bonds. The lowest BCUT2D eigenvalue weighted by Gasteiger charge is -2.26. The Morgan fingerprint density at radius 3 is 2.38 bits per heavy atom. The van der Waals surface area contributed by atoms with Gasteiger partial charge in [0, 0.05) is 13.1 Å². The Labute approximate surface area is 150 Å². The first-order chi connectivity index (χ1) is 11.0. The van der Waals surface area contributed by atoms with Crippen molar-refractivity contribution in [3.63, 3.8) is 0 Å². The molecule has 1 aromatic rings. The first kappa shape index (κ1) is 19.5. The third-order valence-electron chi connectivity index (χ3n) is 5.55. The molecule has 2 rings (SSSR count). The summed E-state index contributed by atoms with van der Waals surface area (Å²) in [4.78, 5) is 2.72. The maximum Gasteiger partial charge on any atom is 0.00103 e. The Bertz CT molecular complexity index is 506. The van der Waals surface area contributed by atoms with Crippen molar-refractivity contribution in [2.45, 2.75) is 73.1 Å². The summed E-state index contributed by atoms with van der Waals surface area (Å²) in [7, 11) is 0. The maximum absolute atomic E-state index is 2.72. The van der Waals surface area contributed by atoms with Gasteiger partial charge in [-0.2, -0.15) is 0 Å². The Morgan fingerprint density at radius 1 is 1.17 bits per heavy atom. The van der Waals surface area contributed by atoms with Gasteiger partial charge in [0.2, 0.25) is 0 Å². The first-order valence-corrected chi connectivity index (χ1v) is 9.87. The largest absolute Gasteiger partial charge is 0.303 e. The van der Waals surface area contributed by atoms with Crippen LogP contribution in [-0.4, -0.2) is 24.5 Å². The van der Waals surface area contributed by atoms with E-state index in [0.717, 1.165) is 11.8 Å². The molecule has 1 saturated heterocycles. The fourth-order valence-corrected chi connectivity index (χ4v) is 4.32. The molecule has 1 heteroatoms. The molecule has 24 heavy (non-hydrogen) atoms. The van der Waals surface area contributed by atoms with E-state index in [2.05, 4.69) is 77.6 Å². The summed E-state index contributed by atoms with van der Waals surface area (Å²) in [6, 6.07) is 9.31. The minimum Gasteiger partial charge on any atom is -0.303 e. The van der Waals surface area contributed by atoms with Crippen molar-refractivity contribution in [3.05, 3.63) is 35.4 Å². The molecule has 1 aliphatic rings. The van der Waals surface area contributed by atoms with Gasteiger partial charge in [-0.1, -0.05) is 72.7 Å². The number of hydrogen-bond acceptors (Lipinski definition) is 1. The van der Waals surface area contributed by atoms with Crippen LogP contribution in [-0.2, 0) is 11.8 Å². The number of nitrogens with zero attached hydrogens (tertiary/aromatic N) is 1. The third kappa shape index (κ3) is 5.92. The highest BCUT2D eigenvalue weighted by Crippen LogP contribution is 2.33. The Morgan fingerprint density at radius 2 is 1.79 bits per heavy atom. The van der Waals surface area contributed by atoms with Gasteiger partial charge >= 0.3 is 0 Å². The Hall–Kier alpha value is -0.820. The topological polar surface area (TPSA) is 3.24 Å². The van der Waals surface area contributed by atoms with Crippen LogP contribution in [0.1, 0.15) is 72.4 Å². The zero-order valence-corrected chi connectivity index (χ0v) is 17.2. The Balaban J connectivity index is 1.89. The molecule has 1 aliphatic heterocycles. The predicted octanol–water partition coefficient (Wildman–Crippen LogP) is 5.92. The number of likely N-dealkylation sites (tertiary alicyclic amines) is 1. The minimum atomic E-state index is 0.249. The van der Waals surface area contributed by atoms with Crippen molar-refractivity contribution in [2.75, 3.05) is 19.6 Å². The van der Waals surface area contributed by atoms with Gasteiger partial charge in [0.1, 0.15) is 0 Å². The normalized spacial score (nSPS) is 23.7. The van der Waals surface area contributed by atoms with E-state index in [-0.39, 0.29) is 5.41 Å². The van der Waals surface area contributed by atoms with Crippen LogP contribution < -0.4 is 0 Å². The molecule has 0 aliphatic carbocycles. The molecule has 0 saturated carbocycles. The molecule has 1 nitrogen and oxygen atoms in total.